The van der Waals surface area contributed by atoms with Crippen molar-refractivity contribution in [3.63, 3.8) is 0 Å². The highest BCUT2D eigenvalue weighted by atomic mass is 35.5. The zero-order chi connectivity index (χ0) is 28.7. The summed E-state index contributed by atoms with van der Waals surface area (Å²) in [7, 11) is -2.94. The number of nitrogens with zero attached hydrogens (tertiary/aromatic N) is 2. The number of hydrogen-bond donors (Lipinski definition) is 1. The van der Waals surface area contributed by atoms with E-state index in [9.17, 15) is 28.6 Å². The van der Waals surface area contributed by atoms with Crippen LogP contribution in [0.15, 0.2) is 65.1 Å². The predicted octanol–water partition coefficient (Wildman–Crippen LogP) is 5.28. The average molecular weight is 572 g/mol. The number of amides is 1. The Morgan fingerprint density at radius 2 is 1.85 bits per heavy atom. The first kappa shape index (κ1) is 29.0. The van der Waals surface area contributed by atoms with Gasteiger partial charge in [-0.1, -0.05) is 29.3 Å². The van der Waals surface area contributed by atoms with Crippen LogP contribution in [0.25, 0.3) is 6.08 Å². The van der Waals surface area contributed by atoms with Crippen LogP contribution in [0.3, 0.4) is 0 Å². The first-order valence-corrected chi connectivity index (χ1v) is 13.0. The van der Waals surface area contributed by atoms with Gasteiger partial charge in [0.15, 0.2) is 5.75 Å². The summed E-state index contributed by atoms with van der Waals surface area (Å²) in [5.74, 6) is -1.04. The maximum absolute atomic E-state index is 12.8. The van der Waals surface area contributed by atoms with Gasteiger partial charge in [-0.3, -0.25) is 14.9 Å². The van der Waals surface area contributed by atoms with Gasteiger partial charge in [0.1, 0.15) is 22.3 Å². The molecule has 13 heteroatoms. The molecule has 0 radical (unpaired) electrons. The Bertz CT molecular complexity index is 1600. The van der Waals surface area contributed by atoms with Gasteiger partial charge in [-0.05, 0) is 55.8 Å². The molecule has 3 aromatic rings. The maximum atomic E-state index is 12.8. The molecule has 3 rings (SSSR count). The minimum Gasteiger partial charge on any atom is -0.495 e. The Morgan fingerprint density at radius 1 is 1.15 bits per heavy atom. The number of ether oxygens (including phenoxy) is 2. The third kappa shape index (κ3) is 7.04. The van der Waals surface area contributed by atoms with E-state index in [1.807, 2.05) is 6.92 Å². The van der Waals surface area contributed by atoms with E-state index in [-0.39, 0.29) is 56.3 Å². The van der Waals surface area contributed by atoms with Crippen LogP contribution >= 0.6 is 11.6 Å². The number of nitrogens with one attached hydrogen (secondary N) is 1. The molecule has 0 saturated heterocycles. The Labute approximate surface area is 229 Å². The number of carbonyl (C=O) groups is 1. The quantitative estimate of drug-likeness (QED) is 0.112. The molecule has 0 spiro atoms. The van der Waals surface area contributed by atoms with Crippen LogP contribution in [-0.2, 0) is 14.9 Å². The molecule has 1 amide bonds. The molecule has 0 aliphatic rings. The third-order valence-corrected chi connectivity index (χ3v) is 6.67. The minimum absolute atomic E-state index is 0.0176. The molecule has 0 aliphatic carbocycles. The molecule has 0 atom stereocenters. The number of halogens is 1. The van der Waals surface area contributed by atoms with Crippen LogP contribution in [0.1, 0.15) is 18.1 Å². The van der Waals surface area contributed by atoms with E-state index in [0.717, 1.165) is 11.6 Å². The van der Waals surface area contributed by atoms with E-state index in [1.54, 1.807) is 25.1 Å². The van der Waals surface area contributed by atoms with Gasteiger partial charge in [-0.15, -0.1) is 0 Å². The Morgan fingerprint density at radius 3 is 2.44 bits per heavy atom. The second-order valence-corrected chi connectivity index (χ2v) is 9.83. The standard InChI is InChI=1S/C26H22ClN3O8S/c1-4-37-24-13-17(12-21(27)25(24)38-39(34,35)20-8-5-16(2)6-9-20)11-18(15-28)26(31)29-22-14-19(30(32)33)7-10-23(22)36-3/h5-14H,4H2,1-3H3,(H,29,31)/b18-11+. The fourth-order valence-corrected chi connectivity index (χ4v) is 4.55. The lowest BCUT2D eigenvalue weighted by Crippen LogP contribution is -2.14. The van der Waals surface area contributed by atoms with E-state index in [4.69, 9.17) is 25.3 Å². The Kier molecular flexibility index (Phi) is 9.13. The summed E-state index contributed by atoms with van der Waals surface area (Å²) in [6.07, 6.45) is 1.19. The first-order chi connectivity index (χ1) is 18.5. The van der Waals surface area contributed by atoms with Crippen molar-refractivity contribution in [1.82, 2.24) is 0 Å². The molecule has 0 saturated carbocycles. The van der Waals surface area contributed by atoms with Crippen LogP contribution in [0, 0.1) is 28.4 Å². The molecule has 0 heterocycles. The van der Waals surface area contributed by atoms with Crippen LogP contribution < -0.4 is 19.0 Å². The summed E-state index contributed by atoms with van der Waals surface area (Å²) in [6.45, 7) is 3.60. The molecule has 202 valence electrons. The SMILES string of the molecule is CCOc1cc(/C=C(\C#N)C(=O)Nc2cc([N+](=O)[O-])ccc2OC)cc(Cl)c1OS(=O)(=O)c1ccc(C)cc1. The van der Waals surface area contributed by atoms with Gasteiger partial charge in [0.25, 0.3) is 11.6 Å². The number of methoxy groups -OCH3 is 1. The second kappa shape index (κ2) is 12.3. The van der Waals surface area contributed by atoms with E-state index in [0.29, 0.717) is 0 Å². The number of non-ortho nitro benzene ring substituents is 1. The number of aryl methyl sites for hydroxylation is 1. The van der Waals surface area contributed by atoms with Crippen LogP contribution in [0.5, 0.6) is 17.2 Å². The molecule has 39 heavy (non-hydrogen) atoms. The van der Waals surface area contributed by atoms with Crippen LogP contribution in [0.4, 0.5) is 11.4 Å². The van der Waals surface area contributed by atoms with Crippen molar-refractivity contribution < 1.29 is 31.8 Å². The van der Waals surface area contributed by atoms with E-state index >= 15 is 0 Å². The van der Waals surface area contributed by atoms with Gasteiger partial charge >= 0.3 is 10.1 Å². The molecule has 0 unspecified atom stereocenters. The summed E-state index contributed by atoms with van der Waals surface area (Å²) >= 11 is 6.35. The highest BCUT2D eigenvalue weighted by Gasteiger charge is 2.23. The highest BCUT2D eigenvalue weighted by Crippen LogP contribution is 2.39. The number of carbonyl (C=O) groups excluding carboxylic acids is 1. The van der Waals surface area contributed by atoms with Gasteiger partial charge in [-0.25, -0.2) is 0 Å². The number of rotatable bonds is 10. The van der Waals surface area contributed by atoms with Gasteiger partial charge in [0.2, 0.25) is 5.75 Å². The smallest absolute Gasteiger partial charge is 0.339 e. The summed E-state index contributed by atoms with van der Waals surface area (Å²) in [5, 5.41) is 23.0. The molecule has 0 bridgehead atoms. The topological polar surface area (TPSA) is 158 Å². The van der Waals surface area contributed by atoms with E-state index < -0.39 is 20.9 Å². The highest BCUT2D eigenvalue weighted by molar-refractivity contribution is 7.87. The molecule has 0 fully saturated rings. The lowest BCUT2D eigenvalue weighted by molar-refractivity contribution is -0.384. The summed E-state index contributed by atoms with van der Waals surface area (Å²) in [5.41, 5.74) is 0.387. The lowest BCUT2D eigenvalue weighted by Gasteiger charge is -2.14. The van der Waals surface area contributed by atoms with Crippen molar-refractivity contribution >= 4 is 45.1 Å². The Hall–Kier alpha value is -4.60. The van der Waals surface area contributed by atoms with Crippen molar-refractivity contribution in [2.24, 2.45) is 0 Å². The molecular formula is C26H22ClN3O8S. The predicted molar refractivity (Wildman–Crippen MR) is 143 cm³/mol. The zero-order valence-electron chi connectivity index (χ0n) is 20.9. The number of nitro benzene ring substituents is 1. The number of anilines is 1. The molecule has 3 aromatic carbocycles. The minimum atomic E-state index is -4.25. The fraction of sp³-hybridized carbons (Fsp3) is 0.154. The van der Waals surface area contributed by atoms with Crippen LogP contribution in [0.2, 0.25) is 5.02 Å². The van der Waals surface area contributed by atoms with Crippen molar-refractivity contribution in [1.29, 1.82) is 5.26 Å². The van der Waals surface area contributed by atoms with Crippen molar-refractivity contribution in [2.75, 3.05) is 19.0 Å². The average Bonchev–Trinajstić information content (AvgIpc) is 2.89. The summed E-state index contributed by atoms with van der Waals surface area (Å²) in [4.78, 5) is 23.2. The number of nitro groups is 1. The van der Waals surface area contributed by atoms with Gasteiger partial charge in [0.05, 0.1) is 29.4 Å². The number of hydrogen-bond acceptors (Lipinski definition) is 9. The summed E-state index contributed by atoms with van der Waals surface area (Å²) < 4.78 is 41.6. The second-order valence-electron chi connectivity index (χ2n) is 7.88. The van der Waals surface area contributed by atoms with Crippen molar-refractivity contribution in [3.8, 4) is 23.3 Å². The van der Waals surface area contributed by atoms with Gasteiger partial charge in [-0.2, -0.15) is 13.7 Å². The van der Waals surface area contributed by atoms with Gasteiger partial charge < -0.3 is 19.0 Å². The largest absolute Gasteiger partial charge is 0.495 e. The molecule has 11 nitrogen and oxygen atoms in total. The third-order valence-electron chi connectivity index (χ3n) is 5.15. The lowest BCUT2D eigenvalue weighted by atomic mass is 10.1. The zero-order valence-corrected chi connectivity index (χ0v) is 22.5. The maximum Gasteiger partial charge on any atom is 0.339 e. The fourth-order valence-electron chi connectivity index (χ4n) is 3.29. The molecule has 0 aliphatic heterocycles. The first-order valence-electron chi connectivity index (χ1n) is 11.2. The normalized spacial score (nSPS) is 11.3. The van der Waals surface area contributed by atoms with Crippen LogP contribution in [-0.4, -0.2) is 33.0 Å². The van der Waals surface area contributed by atoms with Crippen molar-refractivity contribution in [3.05, 3.63) is 86.4 Å². The number of nitriles is 1. The monoisotopic (exact) mass is 571 g/mol. The Balaban J connectivity index is 1.96. The molecular weight excluding hydrogens is 550 g/mol. The molecule has 1 N–H and O–H groups in total. The van der Waals surface area contributed by atoms with E-state index in [2.05, 4.69) is 5.32 Å². The number of benzene rings is 3. The van der Waals surface area contributed by atoms with E-state index in [1.165, 1.54) is 49.6 Å². The molecule has 0 aromatic heterocycles. The van der Waals surface area contributed by atoms with Crippen molar-refractivity contribution in [2.45, 2.75) is 18.7 Å². The van der Waals surface area contributed by atoms with Gasteiger partial charge in [0, 0.05) is 12.1 Å². The summed E-state index contributed by atoms with van der Waals surface area (Å²) in [6, 6.07) is 14.0.